The number of carbonyl (C=O) groups is 1. The van der Waals surface area contributed by atoms with Crippen molar-refractivity contribution in [2.45, 2.75) is 0 Å². The summed E-state index contributed by atoms with van der Waals surface area (Å²) in [4.78, 5) is 17.2. The van der Waals surface area contributed by atoms with Crippen LogP contribution in [0.5, 0.6) is 0 Å². The lowest BCUT2D eigenvalue weighted by molar-refractivity contribution is 0.105. The third-order valence-corrected chi connectivity index (χ3v) is 5.65. The summed E-state index contributed by atoms with van der Waals surface area (Å²) in [7, 11) is 0. The Hall–Kier alpha value is -1.52. The highest BCUT2D eigenvalue weighted by Gasteiger charge is 2.23. The van der Waals surface area contributed by atoms with Gasteiger partial charge in [-0.1, -0.05) is 36.4 Å². The zero-order valence-electron chi connectivity index (χ0n) is 10.8. The number of rotatable bonds is 3. The number of aromatic nitrogens is 1. The van der Waals surface area contributed by atoms with Crippen LogP contribution in [-0.4, -0.2) is 22.3 Å². The number of Topliss-reactive ketones (excluding diaryl/α,β-unsaturated/α-hetero) is 1. The van der Waals surface area contributed by atoms with Gasteiger partial charge in [0.15, 0.2) is 5.78 Å². The molecule has 0 unspecified atom stereocenters. The minimum absolute atomic E-state index is 0.0567. The van der Waals surface area contributed by atoms with Crippen molar-refractivity contribution in [2.24, 2.45) is 0 Å². The van der Waals surface area contributed by atoms with E-state index in [1.54, 1.807) is 29.7 Å². The maximum Gasteiger partial charge on any atom is 0.196 e. The van der Waals surface area contributed by atoms with E-state index in [-0.39, 0.29) is 5.78 Å². The average molecular weight is 299 g/mol. The summed E-state index contributed by atoms with van der Waals surface area (Å²) >= 11 is 3.50. The van der Waals surface area contributed by atoms with Gasteiger partial charge in [0.1, 0.15) is 0 Å². The molecular weight excluding hydrogens is 286 g/mol. The van der Waals surface area contributed by atoms with E-state index in [2.05, 4.69) is 4.98 Å². The summed E-state index contributed by atoms with van der Waals surface area (Å²) in [6.07, 6.45) is 1.73. The van der Waals surface area contributed by atoms with Crippen LogP contribution in [0.15, 0.2) is 59.0 Å². The first-order chi connectivity index (χ1) is 9.86. The van der Waals surface area contributed by atoms with Crippen LogP contribution in [0.3, 0.4) is 0 Å². The van der Waals surface area contributed by atoms with Crippen LogP contribution >= 0.6 is 23.5 Å². The van der Waals surface area contributed by atoms with Gasteiger partial charge in [0.25, 0.3) is 0 Å². The fourth-order valence-electron chi connectivity index (χ4n) is 2.01. The topological polar surface area (TPSA) is 30.0 Å². The molecule has 2 nitrogen and oxygen atoms in total. The second-order valence-corrected chi connectivity index (χ2v) is 6.74. The molecule has 1 saturated heterocycles. The maximum atomic E-state index is 12.8. The smallest absolute Gasteiger partial charge is 0.196 e. The van der Waals surface area contributed by atoms with E-state index >= 15 is 0 Å². The number of pyridine rings is 1. The quantitative estimate of drug-likeness (QED) is 0.630. The van der Waals surface area contributed by atoms with E-state index < -0.39 is 0 Å². The van der Waals surface area contributed by atoms with E-state index in [9.17, 15) is 4.79 Å². The molecule has 1 aliphatic heterocycles. The maximum absolute atomic E-state index is 12.8. The third-order valence-electron chi connectivity index (χ3n) is 2.94. The summed E-state index contributed by atoms with van der Waals surface area (Å²) < 4.78 is 1.09. The molecule has 0 saturated carbocycles. The average Bonchev–Trinajstić information content (AvgIpc) is 3.03. The van der Waals surface area contributed by atoms with Crippen molar-refractivity contribution < 1.29 is 4.79 Å². The van der Waals surface area contributed by atoms with Crippen LogP contribution in [0.25, 0.3) is 5.57 Å². The summed E-state index contributed by atoms with van der Waals surface area (Å²) in [5, 5.41) is 0. The lowest BCUT2D eigenvalue weighted by Crippen LogP contribution is -2.05. The second-order valence-electron chi connectivity index (χ2n) is 4.27. The number of ketones is 1. The Bertz CT molecular complexity index is 630. The summed E-state index contributed by atoms with van der Waals surface area (Å²) in [5.41, 5.74) is 2.22. The number of nitrogens with zero attached hydrogens (tertiary/aromatic N) is 1. The third kappa shape index (κ3) is 2.81. The number of benzene rings is 1. The van der Waals surface area contributed by atoms with Gasteiger partial charge in [-0.25, -0.2) is 0 Å². The molecule has 1 fully saturated rings. The number of allylic oxidation sites excluding steroid dienone is 1. The fraction of sp³-hybridized carbons (Fsp3) is 0.125. The number of hydrogen-bond donors (Lipinski definition) is 0. The van der Waals surface area contributed by atoms with Crippen molar-refractivity contribution in [1.29, 1.82) is 0 Å². The second kappa shape index (κ2) is 6.29. The van der Waals surface area contributed by atoms with Gasteiger partial charge < -0.3 is 0 Å². The Labute approximate surface area is 126 Å². The lowest BCUT2D eigenvalue weighted by atomic mass is 10.0. The molecule has 0 aliphatic carbocycles. The Morgan fingerprint density at radius 2 is 1.65 bits per heavy atom. The summed E-state index contributed by atoms with van der Waals surface area (Å²) in [6, 6.07) is 15.1. The lowest BCUT2D eigenvalue weighted by Gasteiger charge is -2.09. The fourth-order valence-corrected chi connectivity index (χ4v) is 4.57. The van der Waals surface area contributed by atoms with Crippen LogP contribution in [0, 0.1) is 0 Å². The Balaban J connectivity index is 2.08. The molecule has 4 heteroatoms. The van der Waals surface area contributed by atoms with Gasteiger partial charge in [-0.05, 0) is 12.1 Å². The first-order valence-corrected chi connectivity index (χ1v) is 8.34. The van der Waals surface area contributed by atoms with Gasteiger partial charge in [-0.15, -0.1) is 23.5 Å². The van der Waals surface area contributed by atoms with Gasteiger partial charge in [0.05, 0.1) is 15.5 Å². The molecule has 0 amide bonds. The molecule has 0 N–H and O–H groups in total. The monoisotopic (exact) mass is 299 g/mol. The zero-order valence-corrected chi connectivity index (χ0v) is 12.4. The van der Waals surface area contributed by atoms with Crippen molar-refractivity contribution in [3.8, 4) is 0 Å². The van der Waals surface area contributed by atoms with Gasteiger partial charge in [-0.2, -0.15) is 0 Å². The minimum Gasteiger partial charge on any atom is -0.288 e. The number of carbonyl (C=O) groups excluding carboxylic acids is 1. The predicted molar refractivity (Wildman–Crippen MR) is 86.8 cm³/mol. The summed E-state index contributed by atoms with van der Waals surface area (Å²) in [6.45, 7) is 0. The molecule has 20 heavy (non-hydrogen) atoms. The molecule has 0 radical (unpaired) electrons. The van der Waals surface area contributed by atoms with E-state index in [1.807, 2.05) is 48.5 Å². The van der Waals surface area contributed by atoms with E-state index in [0.29, 0.717) is 5.56 Å². The van der Waals surface area contributed by atoms with Crippen molar-refractivity contribution in [3.63, 3.8) is 0 Å². The predicted octanol–water partition coefficient (Wildman–Crippen LogP) is 4.11. The van der Waals surface area contributed by atoms with Gasteiger partial charge in [0, 0.05) is 23.3 Å². The molecule has 1 aliphatic rings. The van der Waals surface area contributed by atoms with Gasteiger partial charge in [-0.3, -0.25) is 9.78 Å². The van der Waals surface area contributed by atoms with Crippen molar-refractivity contribution in [3.05, 3.63) is 70.2 Å². The Kier molecular flexibility index (Phi) is 4.23. The first kappa shape index (κ1) is 13.5. The Morgan fingerprint density at radius 1 is 0.950 bits per heavy atom. The first-order valence-electron chi connectivity index (χ1n) is 6.37. The SMILES string of the molecule is O=C(C(=C1SCCS1)c1ccccn1)c1ccccc1. The highest BCUT2D eigenvalue weighted by Crippen LogP contribution is 2.42. The summed E-state index contributed by atoms with van der Waals surface area (Å²) in [5.74, 6) is 2.16. The number of hydrogen-bond acceptors (Lipinski definition) is 4. The molecule has 100 valence electrons. The van der Waals surface area contributed by atoms with Crippen LogP contribution in [0.4, 0.5) is 0 Å². The van der Waals surface area contributed by atoms with Gasteiger partial charge in [0.2, 0.25) is 0 Å². The van der Waals surface area contributed by atoms with Crippen molar-refractivity contribution in [2.75, 3.05) is 11.5 Å². The molecule has 0 spiro atoms. The standard InChI is InChI=1S/C16H13NOS2/c18-15(12-6-2-1-3-7-12)14(16-19-10-11-20-16)13-8-4-5-9-17-13/h1-9H,10-11H2. The molecule has 1 aromatic heterocycles. The molecular formula is C16H13NOS2. The van der Waals surface area contributed by atoms with Crippen LogP contribution in [0.2, 0.25) is 0 Å². The Morgan fingerprint density at radius 3 is 2.30 bits per heavy atom. The zero-order chi connectivity index (χ0) is 13.8. The van der Waals surface area contributed by atoms with E-state index in [0.717, 1.165) is 27.0 Å². The van der Waals surface area contributed by atoms with Crippen LogP contribution < -0.4 is 0 Å². The van der Waals surface area contributed by atoms with Crippen LogP contribution in [0.1, 0.15) is 16.1 Å². The van der Waals surface area contributed by atoms with Crippen LogP contribution in [-0.2, 0) is 0 Å². The van der Waals surface area contributed by atoms with Crippen molar-refractivity contribution >= 4 is 34.9 Å². The highest BCUT2D eigenvalue weighted by atomic mass is 32.2. The highest BCUT2D eigenvalue weighted by molar-refractivity contribution is 8.25. The van der Waals surface area contributed by atoms with E-state index in [4.69, 9.17) is 0 Å². The largest absolute Gasteiger partial charge is 0.288 e. The number of thioether (sulfide) groups is 2. The normalized spacial score (nSPS) is 14.3. The molecule has 2 aromatic rings. The van der Waals surface area contributed by atoms with E-state index in [1.165, 1.54) is 0 Å². The molecule has 2 heterocycles. The van der Waals surface area contributed by atoms with Gasteiger partial charge >= 0.3 is 0 Å². The molecule has 0 bridgehead atoms. The van der Waals surface area contributed by atoms with Crippen molar-refractivity contribution in [1.82, 2.24) is 4.98 Å². The minimum atomic E-state index is 0.0567. The molecule has 1 aromatic carbocycles. The molecule has 3 rings (SSSR count). The molecule has 0 atom stereocenters.